The SMILES string of the molecule is COC1CCN(CCOc2ccc(-c3noc(=O)[nH]3)nc2)CC1. The van der Waals surface area contributed by atoms with Crippen molar-refractivity contribution in [1.29, 1.82) is 0 Å². The summed E-state index contributed by atoms with van der Waals surface area (Å²) >= 11 is 0. The van der Waals surface area contributed by atoms with Gasteiger partial charge in [-0.05, 0) is 25.0 Å². The average molecular weight is 320 g/mol. The minimum atomic E-state index is -0.598. The van der Waals surface area contributed by atoms with Gasteiger partial charge in [0.05, 0.1) is 12.3 Å². The Morgan fingerprint density at radius 1 is 1.39 bits per heavy atom. The van der Waals surface area contributed by atoms with Crippen molar-refractivity contribution in [2.24, 2.45) is 0 Å². The van der Waals surface area contributed by atoms with Crippen LogP contribution < -0.4 is 10.5 Å². The summed E-state index contributed by atoms with van der Waals surface area (Å²) in [4.78, 5) is 19.9. The maximum absolute atomic E-state index is 10.9. The fourth-order valence-electron chi connectivity index (χ4n) is 2.61. The van der Waals surface area contributed by atoms with Gasteiger partial charge in [-0.1, -0.05) is 5.16 Å². The lowest BCUT2D eigenvalue weighted by Gasteiger charge is -2.30. The summed E-state index contributed by atoms with van der Waals surface area (Å²) < 4.78 is 15.5. The van der Waals surface area contributed by atoms with E-state index < -0.39 is 5.76 Å². The topological polar surface area (TPSA) is 93.5 Å². The number of aromatic nitrogens is 3. The van der Waals surface area contributed by atoms with Gasteiger partial charge in [0.15, 0.2) is 0 Å². The van der Waals surface area contributed by atoms with E-state index in [-0.39, 0.29) is 0 Å². The molecular formula is C15H20N4O4. The van der Waals surface area contributed by atoms with E-state index in [4.69, 9.17) is 9.47 Å². The lowest BCUT2D eigenvalue weighted by atomic mass is 10.1. The first-order valence-electron chi connectivity index (χ1n) is 7.65. The number of pyridine rings is 1. The van der Waals surface area contributed by atoms with Crippen LogP contribution in [0.2, 0.25) is 0 Å². The van der Waals surface area contributed by atoms with Crippen molar-refractivity contribution in [3.63, 3.8) is 0 Å². The molecule has 3 heterocycles. The summed E-state index contributed by atoms with van der Waals surface area (Å²) in [6, 6.07) is 3.53. The van der Waals surface area contributed by atoms with E-state index in [0.29, 0.717) is 30.0 Å². The van der Waals surface area contributed by atoms with Gasteiger partial charge in [-0.2, -0.15) is 0 Å². The van der Waals surface area contributed by atoms with Crippen LogP contribution in [0.15, 0.2) is 27.6 Å². The van der Waals surface area contributed by atoms with Gasteiger partial charge in [-0.15, -0.1) is 0 Å². The molecule has 8 heteroatoms. The zero-order valence-electron chi connectivity index (χ0n) is 13.0. The van der Waals surface area contributed by atoms with Crippen LogP contribution >= 0.6 is 0 Å². The Kier molecular flexibility index (Phi) is 5.04. The lowest BCUT2D eigenvalue weighted by Crippen LogP contribution is -2.38. The van der Waals surface area contributed by atoms with Crippen LogP contribution in [0.3, 0.4) is 0 Å². The van der Waals surface area contributed by atoms with Gasteiger partial charge < -0.3 is 9.47 Å². The first kappa shape index (κ1) is 15.7. The molecule has 0 atom stereocenters. The van der Waals surface area contributed by atoms with E-state index in [0.717, 1.165) is 32.5 Å². The number of likely N-dealkylation sites (tertiary alicyclic amines) is 1. The van der Waals surface area contributed by atoms with E-state index in [1.165, 1.54) is 0 Å². The number of rotatable bonds is 6. The largest absolute Gasteiger partial charge is 0.491 e. The number of methoxy groups -OCH3 is 1. The van der Waals surface area contributed by atoms with Crippen molar-refractivity contribution in [3.8, 4) is 17.3 Å². The van der Waals surface area contributed by atoms with Gasteiger partial charge in [-0.3, -0.25) is 14.4 Å². The maximum Gasteiger partial charge on any atom is 0.439 e. The maximum atomic E-state index is 10.9. The van der Waals surface area contributed by atoms with Crippen molar-refractivity contribution in [1.82, 2.24) is 20.0 Å². The van der Waals surface area contributed by atoms with Crippen LogP contribution in [0, 0.1) is 0 Å². The van der Waals surface area contributed by atoms with E-state index in [2.05, 4.69) is 24.5 Å². The third-order valence-electron chi connectivity index (χ3n) is 3.96. The number of nitrogens with one attached hydrogen (secondary N) is 1. The Balaban J connectivity index is 1.45. The van der Waals surface area contributed by atoms with Gasteiger partial charge in [0.2, 0.25) is 5.82 Å². The normalized spacial score (nSPS) is 16.6. The van der Waals surface area contributed by atoms with Crippen molar-refractivity contribution in [2.45, 2.75) is 18.9 Å². The Bertz CT molecular complexity index is 659. The zero-order chi connectivity index (χ0) is 16.1. The van der Waals surface area contributed by atoms with Crippen LogP contribution in [0.5, 0.6) is 5.75 Å². The number of nitrogens with zero attached hydrogens (tertiary/aromatic N) is 3. The molecule has 0 radical (unpaired) electrons. The predicted octanol–water partition coefficient (Wildman–Crippen LogP) is 0.914. The molecule has 2 aromatic heterocycles. The number of hydrogen-bond acceptors (Lipinski definition) is 7. The second-order valence-corrected chi connectivity index (χ2v) is 5.45. The van der Waals surface area contributed by atoms with Crippen LogP contribution in [-0.2, 0) is 4.74 Å². The molecule has 0 amide bonds. The fraction of sp³-hybridized carbons (Fsp3) is 0.533. The highest BCUT2D eigenvalue weighted by Gasteiger charge is 2.18. The molecule has 1 fully saturated rings. The molecule has 0 aromatic carbocycles. The second-order valence-electron chi connectivity index (χ2n) is 5.45. The summed E-state index contributed by atoms with van der Waals surface area (Å²) in [5, 5.41) is 3.59. The first-order chi connectivity index (χ1) is 11.2. The molecule has 1 aliphatic heterocycles. The van der Waals surface area contributed by atoms with Gasteiger partial charge >= 0.3 is 5.76 Å². The lowest BCUT2D eigenvalue weighted by molar-refractivity contribution is 0.0375. The number of piperidine rings is 1. The van der Waals surface area contributed by atoms with E-state index in [9.17, 15) is 4.79 Å². The molecule has 23 heavy (non-hydrogen) atoms. The molecule has 1 N–H and O–H groups in total. The molecule has 8 nitrogen and oxygen atoms in total. The van der Waals surface area contributed by atoms with Crippen LogP contribution in [0.1, 0.15) is 12.8 Å². The quantitative estimate of drug-likeness (QED) is 0.845. The second kappa shape index (κ2) is 7.38. The third-order valence-corrected chi connectivity index (χ3v) is 3.96. The highest BCUT2D eigenvalue weighted by Crippen LogP contribution is 2.16. The number of aromatic amines is 1. The highest BCUT2D eigenvalue weighted by molar-refractivity contribution is 5.48. The van der Waals surface area contributed by atoms with Crippen molar-refractivity contribution >= 4 is 0 Å². The van der Waals surface area contributed by atoms with Crippen molar-refractivity contribution in [2.75, 3.05) is 33.4 Å². The van der Waals surface area contributed by atoms with E-state index in [1.54, 1.807) is 25.4 Å². The number of hydrogen-bond donors (Lipinski definition) is 1. The molecule has 0 saturated carbocycles. The van der Waals surface area contributed by atoms with E-state index >= 15 is 0 Å². The Labute approximate surface area is 133 Å². The molecule has 0 spiro atoms. The number of ether oxygens (including phenoxy) is 2. The molecule has 0 unspecified atom stereocenters. The summed E-state index contributed by atoms with van der Waals surface area (Å²) in [5.74, 6) is 0.397. The average Bonchev–Trinajstić information content (AvgIpc) is 3.03. The zero-order valence-corrected chi connectivity index (χ0v) is 13.0. The van der Waals surface area contributed by atoms with Crippen molar-refractivity contribution in [3.05, 3.63) is 28.9 Å². The highest BCUT2D eigenvalue weighted by atomic mass is 16.5. The summed E-state index contributed by atoms with van der Waals surface area (Å²) in [6.07, 6.45) is 4.15. The Morgan fingerprint density at radius 3 is 2.83 bits per heavy atom. The molecule has 124 valence electrons. The Morgan fingerprint density at radius 2 is 2.22 bits per heavy atom. The molecule has 1 aliphatic rings. The Hall–Kier alpha value is -2.19. The monoisotopic (exact) mass is 320 g/mol. The minimum absolute atomic E-state index is 0.308. The molecule has 2 aromatic rings. The van der Waals surface area contributed by atoms with Gasteiger partial charge in [0.1, 0.15) is 18.1 Å². The van der Waals surface area contributed by atoms with Crippen LogP contribution in [-0.4, -0.2) is 59.5 Å². The number of H-pyrrole nitrogens is 1. The molecule has 0 bridgehead atoms. The first-order valence-corrected chi connectivity index (χ1v) is 7.65. The van der Waals surface area contributed by atoms with Crippen LogP contribution in [0.25, 0.3) is 11.5 Å². The fourth-order valence-corrected chi connectivity index (χ4v) is 2.61. The summed E-state index contributed by atoms with van der Waals surface area (Å²) in [5.41, 5.74) is 0.532. The summed E-state index contributed by atoms with van der Waals surface area (Å²) in [7, 11) is 1.77. The summed E-state index contributed by atoms with van der Waals surface area (Å²) in [6.45, 7) is 3.57. The van der Waals surface area contributed by atoms with Gasteiger partial charge in [0, 0.05) is 26.7 Å². The smallest absolute Gasteiger partial charge is 0.439 e. The predicted molar refractivity (Wildman–Crippen MR) is 82.3 cm³/mol. The van der Waals surface area contributed by atoms with Gasteiger partial charge in [0.25, 0.3) is 0 Å². The van der Waals surface area contributed by atoms with Crippen molar-refractivity contribution < 1.29 is 14.0 Å². The molecule has 3 rings (SSSR count). The molecule has 1 saturated heterocycles. The van der Waals surface area contributed by atoms with Crippen LogP contribution in [0.4, 0.5) is 0 Å². The van der Waals surface area contributed by atoms with E-state index in [1.807, 2.05) is 0 Å². The molecule has 0 aliphatic carbocycles. The standard InChI is InChI=1S/C15H20N4O4/c1-21-11-4-6-19(7-5-11)8-9-22-12-2-3-13(16-10-12)14-17-15(20)23-18-14/h2-3,10-11H,4-9H2,1H3,(H,17,18,20). The molecular weight excluding hydrogens is 300 g/mol. The van der Waals surface area contributed by atoms with Gasteiger partial charge in [-0.25, -0.2) is 9.78 Å². The third kappa shape index (κ3) is 4.17. The minimum Gasteiger partial charge on any atom is -0.491 e.